The Bertz CT molecular complexity index is 761. The molecule has 0 atom stereocenters. The summed E-state index contributed by atoms with van der Waals surface area (Å²) in [5, 5.41) is 11.3. The molecule has 0 heterocycles. The molecule has 2 rings (SSSR count). The number of aromatic carboxylic acids is 1. The normalized spacial score (nSPS) is 10.2. The van der Waals surface area contributed by atoms with Gasteiger partial charge in [-0.2, -0.15) is 0 Å². The largest absolute Gasteiger partial charge is 0.494 e. The minimum Gasteiger partial charge on any atom is -0.494 e. The molecule has 6 nitrogen and oxygen atoms in total. The van der Waals surface area contributed by atoms with Gasteiger partial charge in [0.25, 0.3) is 0 Å². The molecule has 0 aromatic heterocycles. The number of hydrogen-bond acceptors (Lipinski definition) is 4. The minimum absolute atomic E-state index is 0.0967. The molecular formula is C19H20FNO5. The molecule has 0 radical (unpaired) electrons. The first-order valence-corrected chi connectivity index (χ1v) is 8.18. The molecule has 1 amide bonds. The minimum atomic E-state index is -1.19. The summed E-state index contributed by atoms with van der Waals surface area (Å²) in [4.78, 5) is 22.8. The van der Waals surface area contributed by atoms with Crippen LogP contribution in [0.25, 0.3) is 0 Å². The van der Waals surface area contributed by atoms with Gasteiger partial charge in [-0.25, -0.2) is 9.18 Å². The lowest BCUT2D eigenvalue weighted by Crippen LogP contribution is -2.14. The van der Waals surface area contributed by atoms with E-state index in [1.54, 1.807) is 24.3 Å². The van der Waals surface area contributed by atoms with E-state index in [0.29, 0.717) is 25.4 Å². The number of benzene rings is 2. The Labute approximate surface area is 150 Å². The van der Waals surface area contributed by atoms with E-state index in [2.05, 4.69) is 5.32 Å². The topological polar surface area (TPSA) is 84.9 Å². The monoisotopic (exact) mass is 361 g/mol. The quantitative estimate of drug-likeness (QED) is 0.665. The highest BCUT2D eigenvalue weighted by Gasteiger charge is 2.11. The zero-order chi connectivity index (χ0) is 18.9. The number of carboxylic acid groups (broad SMARTS) is 1. The van der Waals surface area contributed by atoms with Gasteiger partial charge in [-0.15, -0.1) is 0 Å². The second kappa shape index (κ2) is 9.41. The first-order valence-electron chi connectivity index (χ1n) is 8.18. The van der Waals surface area contributed by atoms with Gasteiger partial charge in [-0.05, 0) is 55.8 Å². The number of carboxylic acids is 1. The molecule has 26 heavy (non-hydrogen) atoms. The van der Waals surface area contributed by atoms with Crippen LogP contribution in [-0.4, -0.2) is 30.2 Å². The lowest BCUT2D eigenvalue weighted by Gasteiger charge is -2.09. The highest BCUT2D eigenvalue weighted by molar-refractivity contribution is 5.94. The predicted octanol–water partition coefficient (Wildman–Crippen LogP) is 3.72. The van der Waals surface area contributed by atoms with E-state index in [4.69, 9.17) is 14.6 Å². The molecule has 2 N–H and O–H groups in total. The maximum atomic E-state index is 13.6. The van der Waals surface area contributed by atoms with Crippen LogP contribution < -0.4 is 14.8 Å². The second-order valence-electron chi connectivity index (χ2n) is 5.40. The molecule has 0 aliphatic heterocycles. The summed E-state index contributed by atoms with van der Waals surface area (Å²) in [6.07, 6.45) is 0.549. The smallest absolute Gasteiger partial charge is 0.335 e. The molecule has 0 unspecified atom stereocenters. The van der Waals surface area contributed by atoms with Crippen molar-refractivity contribution in [3.05, 3.63) is 53.8 Å². The number of hydrogen-bond donors (Lipinski definition) is 2. The average Bonchev–Trinajstić information content (AvgIpc) is 2.62. The van der Waals surface area contributed by atoms with Crippen LogP contribution in [0.4, 0.5) is 10.1 Å². The predicted molar refractivity (Wildman–Crippen MR) is 94.3 cm³/mol. The second-order valence-corrected chi connectivity index (χ2v) is 5.40. The van der Waals surface area contributed by atoms with E-state index < -0.39 is 17.7 Å². The van der Waals surface area contributed by atoms with Crippen molar-refractivity contribution in [1.82, 2.24) is 0 Å². The SMILES string of the molecule is CCOc1ccc(OCCCC(=O)Nc2cc(C(=O)O)ccc2F)cc1. The Kier molecular flexibility index (Phi) is 6.96. The molecule has 0 spiro atoms. The van der Waals surface area contributed by atoms with Crippen LogP contribution in [0.5, 0.6) is 11.5 Å². The molecule has 0 aliphatic rings. The maximum absolute atomic E-state index is 13.6. The van der Waals surface area contributed by atoms with Crippen LogP contribution in [0.3, 0.4) is 0 Å². The number of amides is 1. The van der Waals surface area contributed by atoms with Gasteiger partial charge in [0.05, 0.1) is 24.5 Å². The molecule has 0 bridgehead atoms. The molecule has 0 saturated carbocycles. The molecule has 0 aliphatic carbocycles. The van der Waals surface area contributed by atoms with Gasteiger partial charge in [0.15, 0.2) is 0 Å². The summed E-state index contributed by atoms with van der Waals surface area (Å²) in [6.45, 7) is 2.81. The van der Waals surface area contributed by atoms with Gasteiger partial charge in [-0.1, -0.05) is 0 Å². The Balaban J connectivity index is 1.77. The third-order valence-corrected chi connectivity index (χ3v) is 3.44. The van der Waals surface area contributed by atoms with Crippen molar-refractivity contribution >= 4 is 17.6 Å². The Morgan fingerprint density at radius 1 is 1.08 bits per heavy atom. The number of anilines is 1. The maximum Gasteiger partial charge on any atom is 0.335 e. The van der Waals surface area contributed by atoms with Crippen molar-refractivity contribution < 1.29 is 28.6 Å². The van der Waals surface area contributed by atoms with Crippen molar-refractivity contribution in [2.75, 3.05) is 18.5 Å². The fraction of sp³-hybridized carbons (Fsp3) is 0.263. The summed E-state index contributed by atoms with van der Waals surface area (Å²) in [6, 6.07) is 10.4. The van der Waals surface area contributed by atoms with Crippen LogP contribution in [-0.2, 0) is 4.79 Å². The van der Waals surface area contributed by atoms with Crippen molar-refractivity contribution in [1.29, 1.82) is 0 Å². The van der Waals surface area contributed by atoms with Crippen molar-refractivity contribution in [2.45, 2.75) is 19.8 Å². The molecule has 2 aromatic rings. The van der Waals surface area contributed by atoms with Crippen LogP contribution in [0.1, 0.15) is 30.1 Å². The number of carbonyl (C=O) groups excluding carboxylic acids is 1. The first-order chi connectivity index (χ1) is 12.5. The molecule has 138 valence electrons. The lowest BCUT2D eigenvalue weighted by atomic mass is 10.2. The summed E-state index contributed by atoms with van der Waals surface area (Å²) in [7, 11) is 0. The van der Waals surface area contributed by atoms with Gasteiger partial charge in [0.2, 0.25) is 5.91 Å². The summed E-state index contributed by atoms with van der Waals surface area (Å²) in [5.74, 6) is -0.876. The molecule has 0 fully saturated rings. The zero-order valence-corrected chi connectivity index (χ0v) is 14.3. The van der Waals surface area contributed by atoms with Crippen LogP contribution >= 0.6 is 0 Å². The van der Waals surface area contributed by atoms with E-state index in [1.165, 1.54) is 0 Å². The van der Waals surface area contributed by atoms with Gasteiger partial charge in [-0.3, -0.25) is 4.79 Å². The van der Waals surface area contributed by atoms with E-state index in [9.17, 15) is 14.0 Å². The summed E-state index contributed by atoms with van der Waals surface area (Å²) in [5.41, 5.74) is -0.247. The highest BCUT2D eigenvalue weighted by atomic mass is 19.1. The Morgan fingerprint density at radius 2 is 1.73 bits per heavy atom. The van der Waals surface area contributed by atoms with Crippen LogP contribution in [0.15, 0.2) is 42.5 Å². The Morgan fingerprint density at radius 3 is 2.35 bits per heavy atom. The standard InChI is InChI=1S/C19H20FNO5/c1-2-25-14-6-8-15(9-7-14)26-11-3-4-18(22)21-17-12-13(19(23)24)5-10-16(17)20/h5-10,12H,2-4,11H2,1H3,(H,21,22)(H,23,24). The summed E-state index contributed by atoms with van der Waals surface area (Å²) < 4.78 is 24.5. The van der Waals surface area contributed by atoms with Crippen molar-refractivity contribution in [3.63, 3.8) is 0 Å². The molecule has 2 aromatic carbocycles. The van der Waals surface area contributed by atoms with Gasteiger partial charge >= 0.3 is 5.97 Å². The van der Waals surface area contributed by atoms with Gasteiger partial charge < -0.3 is 19.9 Å². The third kappa shape index (κ3) is 5.77. The fourth-order valence-electron chi connectivity index (χ4n) is 2.19. The number of carbonyl (C=O) groups is 2. The third-order valence-electron chi connectivity index (χ3n) is 3.44. The molecular weight excluding hydrogens is 341 g/mol. The van der Waals surface area contributed by atoms with E-state index in [0.717, 1.165) is 23.9 Å². The van der Waals surface area contributed by atoms with E-state index in [-0.39, 0.29) is 17.7 Å². The van der Waals surface area contributed by atoms with Gasteiger partial charge in [0.1, 0.15) is 17.3 Å². The van der Waals surface area contributed by atoms with E-state index in [1.807, 2.05) is 6.92 Å². The molecule has 7 heteroatoms. The van der Waals surface area contributed by atoms with Crippen LogP contribution in [0.2, 0.25) is 0 Å². The van der Waals surface area contributed by atoms with Crippen molar-refractivity contribution in [2.24, 2.45) is 0 Å². The van der Waals surface area contributed by atoms with Gasteiger partial charge in [0, 0.05) is 6.42 Å². The Hall–Kier alpha value is -3.09. The summed E-state index contributed by atoms with van der Waals surface area (Å²) >= 11 is 0. The highest BCUT2D eigenvalue weighted by Crippen LogP contribution is 2.18. The molecule has 0 saturated heterocycles. The number of ether oxygens (including phenoxy) is 2. The number of rotatable bonds is 9. The van der Waals surface area contributed by atoms with Crippen molar-refractivity contribution in [3.8, 4) is 11.5 Å². The first kappa shape index (κ1) is 19.2. The zero-order valence-electron chi connectivity index (χ0n) is 14.3. The van der Waals surface area contributed by atoms with Crippen LogP contribution in [0, 0.1) is 5.82 Å². The average molecular weight is 361 g/mol. The number of nitrogens with one attached hydrogen (secondary N) is 1. The lowest BCUT2D eigenvalue weighted by molar-refractivity contribution is -0.116. The fourth-order valence-corrected chi connectivity index (χ4v) is 2.19. The number of halogens is 1. The van der Waals surface area contributed by atoms with E-state index >= 15 is 0 Å².